The number of benzene rings is 1. The van der Waals surface area contributed by atoms with Gasteiger partial charge in [0.2, 0.25) is 10.0 Å². The summed E-state index contributed by atoms with van der Waals surface area (Å²) in [5, 5.41) is 0. The first-order valence-electron chi connectivity index (χ1n) is 6.36. The molecule has 108 valence electrons. The molecule has 0 aliphatic heterocycles. The van der Waals surface area contributed by atoms with Gasteiger partial charge in [0, 0.05) is 17.8 Å². The van der Waals surface area contributed by atoms with Crippen LogP contribution in [0.25, 0.3) is 0 Å². The maximum Gasteiger partial charge on any atom is 0.244 e. The van der Waals surface area contributed by atoms with E-state index in [1.807, 2.05) is 6.92 Å². The lowest BCUT2D eigenvalue weighted by Gasteiger charge is -2.15. The van der Waals surface area contributed by atoms with Gasteiger partial charge < -0.3 is 10.5 Å². The molecular formula is C13H22N2O3S. The molecule has 1 aromatic carbocycles. The van der Waals surface area contributed by atoms with E-state index in [1.165, 1.54) is 19.2 Å². The first-order valence-corrected chi connectivity index (χ1v) is 7.85. The van der Waals surface area contributed by atoms with E-state index in [0.717, 1.165) is 19.3 Å². The summed E-state index contributed by atoms with van der Waals surface area (Å²) in [5.74, 6) is 0.259. The first-order chi connectivity index (χ1) is 8.90. The molecule has 0 saturated carbocycles. The summed E-state index contributed by atoms with van der Waals surface area (Å²) in [6.45, 7) is 3.93. The largest absolute Gasteiger partial charge is 0.495 e. The minimum atomic E-state index is -3.58. The highest BCUT2D eigenvalue weighted by molar-refractivity contribution is 7.89. The minimum Gasteiger partial charge on any atom is -0.495 e. The Hall–Kier alpha value is -1.27. The average molecular weight is 286 g/mol. The van der Waals surface area contributed by atoms with Gasteiger partial charge in [0.15, 0.2) is 0 Å². The van der Waals surface area contributed by atoms with Gasteiger partial charge in [0.1, 0.15) is 10.6 Å². The number of hydrogen-bond acceptors (Lipinski definition) is 4. The number of hydrogen-bond donors (Lipinski definition) is 2. The Balaban J connectivity index is 2.94. The summed E-state index contributed by atoms with van der Waals surface area (Å²) in [5.41, 5.74) is 6.09. The van der Waals surface area contributed by atoms with Crippen LogP contribution in [-0.4, -0.2) is 21.6 Å². The molecule has 1 aromatic rings. The van der Waals surface area contributed by atoms with Crippen molar-refractivity contribution in [1.82, 2.24) is 4.72 Å². The molecule has 0 aliphatic rings. The van der Waals surface area contributed by atoms with E-state index in [2.05, 4.69) is 11.6 Å². The van der Waals surface area contributed by atoms with E-state index in [0.29, 0.717) is 5.69 Å². The molecule has 0 amide bonds. The van der Waals surface area contributed by atoms with Gasteiger partial charge in [0.05, 0.1) is 7.11 Å². The van der Waals surface area contributed by atoms with Crippen LogP contribution in [0.1, 0.15) is 33.1 Å². The van der Waals surface area contributed by atoms with Crippen molar-refractivity contribution >= 4 is 15.7 Å². The van der Waals surface area contributed by atoms with Crippen molar-refractivity contribution in [3.05, 3.63) is 18.2 Å². The second-order valence-electron chi connectivity index (χ2n) is 4.57. The topological polar surface area (TPSA) is 81.4 Å². The smallest absolute Gasteiger partial charge is 0.244 e. The fourth-order valence-corrected chi connectivity index (χ4v) is 3.23. The number of rotatable bonds is 7. The van der Waals surface area contributed by atoms with Crippen LogP contribution in [0.5, 0.6) is 5.75 Å². The molecule has 0 aromatic heterocycles. The highest BCUT2D eigenvalue weighted by Crippen LogP contribution is 2.26. The Labute approximate surface area is 115 Å². The van der Waals surface area contributed by atoms with Gasteiger partial charge >= 0.3 is 0 Å². The molecule has 1 atom stereocenters. The Bertz CT molecular complexity index is 515. The Morgan fingerprint density at radius 1 is 1.42 bits per heavy atom. The predicted molar refractivity (Wildman–Crippen MR) is 76.7 cm³/mol. The van der Waals surface area contributed by atoms with Gasteiger partial charge in [-0.25, -0.2) is 13.1 Å². The van der Waals surface area contributed by atoms with Gasteiger partial charge in [-0.05, 0) is 25.5 Å². The minimum absolute atomic E-state index is 0.104. The van der Waals surface area contributed by atoms with E-state index in [9.17, 15) is 8.42 Å². The molecule has 0 spiro atoms. The number of methoxy groups -OCH3 is 1. The van der Waals surface area contributed by atoms with Crippen LogP contribution in [0.15, 0.2) is 23.1 Å². The molecular weight excluding hydrogens is 264 g/mol. The van der Waals surface area contributed by atoms with E-state index in [-0.39, 0.29) is 16.7 Å². The molecule has 0 aliphatic carbocycles. The average Bonchev–Trinajstić information content (AvgIpc) is 2.35. The number of sulfonamides is 1. The summed E-state index contributed by atoms with van der Waals surface area (Å²) in [7, 11) is -2.16. The number of anilines is 1. The van der Waals surface area contributed by atoms with Gasteiger partial charge in [-0.3, -0.25) is 0 Å². The summed E-state index contributed by atoms with van der Waals surface area (Å²) >= 11 is 0. The van der Waals surface area contributed by atoms with Crippen LogP contribution in [0.3, 0.4) is 0 Å². The Morgan fingerprint density at radius 3 is 2.68 bits per heavy atom. The number of unbranched alkanes of at least 4 members (excludes halogenated alkanes) is 1. The highest BCUT2D eigenvalue weighted by Gasteiger charge is 2.21. The lowest BCUT2D eigenvalue weighted by Crippen LogP contribution is -2.32. The molecule has 0 saturated heterocycles. The maximum atomic E-state index is 12.3. The first kappa shape index (κ1) is 15.8. The van der Waals surface area contributed by atoms with Crippen molar-refractivity contribution in [1.29, 1.82) is 0 Å². The third-order valence-electron chi connectivity index (χ3n) is 2.82. The maximum absolute atomic E-state index is 12.3. The lowest BCUT2D eigenvalue weighted by atomic mass is 10.2. The fourth-order valence-electron chi connectivity index (χ4n) is 1.80. The Morgan fingerprint density at radius 2 is 2.11 bits per heavy atom. The zero-order chi connectivity index (χ0) is 14.5. The molecule has 1 rings (SSSR count). The van der Waals surface area contributed by atoms with Crippen LogP contribution in [0, 0.1) is 0 Å². The standard InChI is InChI=1S/C13H22N2O3S/c1-4-5-6-10(2)15-19(16,17)13-8-7-11(14)9-12(13)18-3/h7-10,15H,4-6,14H2,1-3H3. The van der Waals surface area contributed by atoms with Gasteiger partial charge in [0.25, 0.3) is 0 Å². The molecule has 0 radical (unpaired) electrons. The van der Waals surface area contributed by atoms with Crippen LogP contribution >= 0.6 is 0 Å². The van der Waals surface area contributed by atoms with E-state index >= 15 is 0 Å². The van der Waals surface area contributed by atoms with Crippen molar-refractivity contribution in [3.63, 3.8) is 0 Å². The highest BCUT2D eigenvalue weighted by atomic mass is 32.2. The van der Waals surface area contributed by atoms with Crippen molar-refractivity contribution in [2.75, 3.05) is 12.8 Å². The molecule has 5 nitrogen and oxygen atoms in total. The van der Waals surface area contributed by atoms with E-state index < -0.39 is 10.0 Å². The SMILES string of the molecule is CCCCC(C)NS(=O)(=O)c1ccc(N)cc1OC. The summed E-state index contributed by atoms with van der Waals surface area (Å²) in [4.78, 5) is 0.118. The normalized spacial score (nSPS) is 13.2. The lowest BCUT2D eigenvalue weighted by molar-refractivity contribution is 0.402. The molecule has 1 unspecified atom stereocenters. The van der Waals surface area contributed by atoms with Crippen molar-refractivity contribution in [2.45, 2.75) is 44.0 Å². The van der Waals surface area contributed by atoms with E-state index in [4.69, 9.17) is 10.5 Å². The van der Waals surface area contributed by atoms with Crippen LogP contribution in [-0.2, 0) is 10.0 Å². The third kappa shape index (κ3) is 4.40. The summed E-state index contributed by atoms with van der Waals surface area (Å²) in [6, 6.07) is 4.41. The molecule has 6 heteroatoms. The van der Waals surface area contributed by atoms with Crippen molar-refractivity contribution in [2.24, 2.45) is 0 Å². The van der Waals surface area contributed by atoms with Crippen LogP contribution < -0.4 is 15.2 Å². The Kier molecular flexibility index (Phi) is 5.62. The van der Waals surface area contributed by atoms with Crippen molar-refractivity contribution < 1.29 is 13.2 Å². The molecule has 0 bridgehead atoms. The fraction of sp³-hybridized carbons (Fsp3) is 0.538. The number of nitrogens with two attached hydrogens (primary N) is 1. The zero-order valence-corrected chi connectivity index (χ0v) is 12.5. The van der Waals surface area contributed by atoms with Crippen molar-refractivity contribution in [3.8, 4) is 5.75 Å². The van der Waals surface area contributed by atoms with Gasteiger partial charge in [-0.1, -0.05) is 19.8 Å². The summed E-state index contributed by atoms with van der Waals surface area (Å²) < 4.78 is 32.3. The second kappa shape index (κ2) is 6.77. The van der Waals surface area contributed by atoms with Crippen LogP contribution in [0.2, 0.25) is 0 Å². The van der Waals surface area contributed by atoms with Crippen LogP contribution in [0.4, 0.5) is 5.69 Å². The second-order valence-corrected chi connectivity index (χ2v) is 6.26. The quantitative estimate of drug-likeness (QED) is 0.752. The number of nitrogens with one attached hydrogen (secondary N) is 1. The monoisotopic (exact) mass is 286 g/mol. The third-order valence-corrected chi connectivity index (χ3v) is 4.45. The van der Waals surface area contributed by atoms with E-state index in [1.54, 1.807) is 6.07 Å². The predicted octanol–water partition coefficient (Wildman–Crippen LogP) is 2.13. The van der Waals surface area contributed by atoms with Gasteiger partial charge in [-0.2, -0.15) is 0 Å². The molecule has 0 fully saturated rings. The number of nitrogen functional groups attached to an aromatic ring is 1. The zero-order valence-electron chi connectivity index (χ0n) is 11.6. The summed E-state index contributed by atoms with van der Waals surface area (Å²) in [6.07, 6.45) is 2.84. The molecule has 3 N–H and O–H groups in total. The molecule has 0 heterocycles. The van der Waals surface area contributed by atoms with Gasteiger partial charge in [-0.15, -0.1) is 0 Å². The molecule has 19 heavy (non-hydrogen) atoms. The number of ether oxygens (including phenoxy) is 1.